The molecule has 0 aromatic heterocycles. The highest BCUT2D eigenvalue weighted by atomic mass is 33.1. The molecular formula is C3H8N2O2S3. The van der Waals surface area contributed by atoms with Crippen molar-refractivity contribution in [1.29, 1.82) is 0 Å². The summed E-state index contributed by atoms with van der Waals surface area (Å²) in [5, 5.41) is 2.60. The molecule has 1 rings (SSSR count). The third kappa shape index (κ3) is 1.79. The van der Waals surface area contributed by atoms with Gasteiger partial charge in [0.15, 0.2) is 0 Å². The topological polar surface area (TPSA) is 58.2 Å². The maximum absolute atomic E-state index is 11.0. The molecular weight excluding hydrogens is 192 g/mol. The minimum absolute atomic E-state index is 0.271. The highest BCUT2D eigenvalue weighted by Crippen LogP contribution is 2.09. The van der Waals surface area contributed by atoms with E-state index >= 15 is 0 Å². The highest BCUT2D eigenvalue weighted by Gasteiger charge is 2.30. The summed E-state index contributed by atoms with van der Waals surface area (Å²) in [6.45, 7) is 1.09. The van der Waals surface area contributed by atoms with Crippen LogP contribution in [0.5, 0.6) is 0 Å². The number of hydrogen-bond acceptors (Lipinski definition) is 5. The molecule has 0 aromatic rings. The van der Waals surface area contributed by atoms with Crippen LogP contribution in [0.3, 0.4) is 0 Å². The molecule has 1 fully saturated rings. The lowest BCUT2D eigenvalue weighted by Crippen LogP contribution is -2.53. The molecule has 1 heterocycles. The fourth-order valence-electron chi connectivity index (χ4n) is 0.602. The first-order valence-electron chi connectivity index (χ1n) is 2.68. The Hall–Kier alpha value is 0.570. The van der Waals surface area contributed by atoms with Crippen molar-refractivity contribution < 1.29 is 8.42 Å². The average Bonchev–Trinajstić information content (AvgIpc) is 1.56. The quantitative estimate of drug-likeness (QED) is 0.322. The van der Waals surface area contributed by atoms with Gasteiger partial charge in [-0.15, -0.1) is 4.13 Å². The van der Waals surface area contributed by atoms with Gasteiger partial charge in [0.1, 0.15) is 5.25 Å². The summed E-state index contributed by atoms with van der Waals surface area (Å²) in [4.78, 5) is 0. The van der Waals surface area contributed by atoms with Crippen molar-refractivity contribution in [1.82, 2.24) is 9.44 Å². The molecule has 4 nitrogen and oxygen atoms in total. The Balaban J connectivity index is 2.50. The number of thiol groups is 1. The molecule has 7 heteroatoms. The molecule has 1 aliphatic heterocycles. The van der Waals surface area contributed by atoms with Gasteiger partial charge in [0.25, 0.3) is 0 Å². The molecule has 10 heavy (non-hydrogen) atoms. The maximum atomic E-state index is 11.0. The van der Waals surface area contributed by atoms with Crippen molar-refractivity contribution in [2.24, 2.45) is 0 Å². The Kier molecular flexibility index (Phi) is 2.87. The minimum Gasteiger partial charge on any atom is -0.314 e. The molecule has 2 N–H and O–H groups in total. The van der Waals surface area contributed by atoms with E-state index in [9.17, 15) is 8.42 Å². The lowest BCUT2D eigenvalue weighted by atomic mass is 10.3. The summed E-state index contributed by atoms with van der Waals surface area (Å²) in [6, 6.07) is 0. The fraction of sp³-hybridized carbons (Fsp3) is 1.00. The molecule has 1 aliphatic rings. The Morgan fingerprint density at radius 3 is 2.50 bits per heavy atom. The van der Waals surface area contributed by atoms with Crippen LogP contribution in [0.15, 0.2) is 0 Å². The van der Waals surface area contributed by atoms with Gasteiger partial charge in [0.05, 0.1) is 0 Å². The normalized spacial score (nSPS) is 20.5. The molecule has 1 saturated heterocycles. The van der Waals surface area contributed by atoms with Gasteiger partial charge >= 0.3 is 0 Å². The van der Waals surface area contributed by atoms with Crippen LogP contribution in [-0.4, -0.2) is 26.8 Å². The van der Waals surface area contributed by atoms with Crippen molar-refractivity contribution in [3.05, 3.63) is 0 Å². The van der Waals surface area contributed by atoms with E-state index in [1.165, 1.54) is 0 Å². The van der Waals surface area contributed by atoms with Crippen LogP contribution >= 0.6 is 22.6 Å². The van der Waals surface area contributed by atoms with Crippen LogP contribution in [0.4, 0.5) is 0 Å². The SMILES string of the molecule is O=S(=O)(NSS)C1CNC1. The zero-order chi connectivity index (χ0) is 7.61. The second-order valence-corrected chi connectivity index (χ2v) is 5.15. The summed E-state index contributed by atoms with van der Waals surface area (Å²) >= 11 is 3.68. The molecule has 0 aliphatic carbocycles. The minimum atomic E-state index is -3.10. The maximum Gasteiger partial charge on any atom is 0.226 e. The molecule has 0 unspecified atom stereocenters. The number of sulfonamides is 1. The van der Waals surface area contributed by atoms with Crippen LogP contribution in [0.2, 0.25) is 0 Å². The zero-order valence-corrected chi connectivity index (χ0v) is 7.60. The lowest BCUT2D eigenvalue weighted by molar-refractivity contribution is 0.494. The van der Waals surface area contributed by atoms with Gasteiger partial charge in [0.2, 0.25) is 10.0 Å². The predicted molar refractivity (Wildman–Crippen MR) is 45.3 cm³/mol. The molecule has 60 valence electrons. The van der Waals surface area contributed by atoms with E-state index in [1.807, 2.05) is 0 Å². The second kappa shape index (κ2) is 3.31. The molecule has 0 aromatic carbocycles. The van der Waals surface area contributed by atoms with Crippen LogP contribution < -0.4 is 9.44 Å². The molecule has 0 spiro atoms. The van der Waals surface area contributed by atoms with Crippen LogP contribution in [-0.2, 0) is 10.0 Å². The Morgan fingerprint density at radius 2 is 2.20 bits per heavy atom. The Labute approximate surface area is 69.1 Å². The first kappa shape index (κ1) is 8.66. The summed E-state index contributed by atoms with van der Waals surface area (Å²) in [5.41, 5.74) is 0. The zero-order valence-electron chi connectivity index (χ0n) is 5.07. The third-order valence-electron chi connectivity index (χ3n) is 1.34. The predicted octanol–water partition coefficient (Wildman–Crippen LogP) is -0.629. The van der Waals surface area contributed by atoms with Crippen LogP contribution in [0.1, 0.15) is 0 Å². The van der Waals surface area contributed by atoms with E-state index in [-0.39, 0.29) is 5.25 Å². The van der Waals surface area contributed by atoms with Crippen molar-refractivity contribution >= 4 is 32.7 Å². The fourth-order valence-corrected chi connectivity index (χ4v) is 3.17. The molecule has 0 radical (unpaired) electrons. The monoisotopic (exact) mass is 200 g/mol. The highest BCUT2D eigenvalue weighted by molar-refractivity contribution is 8.69. The van der Waals surface area contributed by atoms with E-state index < -0.39 is 10.0 Å². The Bertz CT molecular complexity index is 198. The van der Waals surface area contributed by atoms with Gasteiger partial charge < -0.3 is 5.32 Å². The van der Waals surface area contributed by atoms with Gasteiger partial charge in [-0.1, -0.05) is 11.7 Å². The number of hydrogen-bond donors (Lipinski definition) is 3. The molecule has 0 amide bonds. The van der Waals surface area contributed by atoms with Gasteiger partial charge in [-0.2, -0.15) is 0 Å². The molecule has 0 atom stereocenters. The van der Waals surface area contributed by atoms with Gasteiger partial charge in [-0.25, -0.2) is 8.42 Å². The average molecular weight is 200 g/mol. The summed E-state index contributed by atoms with van der Waals surface area (Å²) < 4.78 is 24.2. The van der Waals surface area contributed by atoms with Gasteiger partial charge in [-0.05, 0) is 11.0 Å². The first-order chi connectivity index (χ1) is 4.67. The van der Waals surface area contributed by atoms with Crippen LogP contribution in [0, 0.1) is 0 Å². The number of nitrogens with one attached hydrogen (secondary N) is 2. The summed E-state index contributed by atoms with van der Waals surface area (Å²) in [7, 11) is -2.28. The van der Waals surface area contributed by atoms with E-state index in [2.05, 4.69) is 21.1 Å². The number of rotatable bonds is 3. The van der Waals surface area contributed by atoms with E-state index in [0.717, 1.165) is 11.0 Å². The first-order valence-corrected chi connectivity index (χ1v) is 6.10. The van der Waals surface area contributed by atoms with Crippen molar-refractivity contribution in [3.8, 4) is 0 Å². The lowest BCUT2D eigenvalue weighted by Gasteiger charge is -2.25. The van der Waals surface area contributed by atoms with Crippen molar-refractivity contribution in [2.75, 3.05) is 13.1 Å². The van der Waals surface area contributed by atoms with Gasteiger partial charge in [-0.3, -0.25) is 0 Å². The molecule has 0 bridgehead atoms. The van der Waals surface area contributed by atoms with E-state index in [4.69, 9.17) is 0 Å². The van der Waals surface area contributed by atoms with E-state index in [1.54, 1.807) is 0 Å². The molecule has 0 saturated carbocycles. The van der Waals surface area contributed by atoms with Crippen molar-refractivity contribution in [3.63, 3.8) is 0 Å². The summed E-state index contributed by atoms with van der Waals surface area (Å²) in [5.74, 6) is 0. The van der Waals surface area contributed by atoms with Crippen LogP contribution in [0.25, 0.3) is 0 Å². The second-order valence-electron chi connectivity index (χ2n) is 2.00. The standard InChI is InChI=1S/C3H8N2O2S3/c6-10(7,5-9-8)3-1-4-2-3/h3-5,8H,1-2H2. The van der Waals surface area contributed by atoms with E-state index in [0.29, 0.717) is 13.1 Å². The van der Waals surface area contributed by atoms with Crippen molar-refractivity contribution in [2.45, 2.75) is 5.25 Å². The largest absolute Gasteiger partial charge is 0.314 e. The Morgan fingerprint density at radius 1 is 1.60 bits per heavy atom. The third-order valence-corrected chi connectivity index (χ3v) is 4.45. The smallest absolute Gasteiger partial charge is 0.226 e. The summed E-state index contributed by atoms with van der Waals surface area (Å²) in [6.07, 6.45) is 0. The van der Waals surface area contributed by atoms with Gasteiger partial charge in [0, 0.05) is 13.1 Å².